The van der Waals surface area contributed by atoms with Crippen molar-refractivity contribution >= 4 is 13.3 Å². The van der Waals surface area contributed by atoms with E-state index >= 15 is 0 Å². The third-order valence-electron chi connectivity index (χ3n) is 1.08. The van der Waals surface area contributed by atoms with Gasteiger partial charge in [0.1, 0.15) is 14.2 Å². The highest BCUT2D eigenvalue weighted by atomic mass is 31.1. The first kappa shape index (κ1) is 5.05. The maximum Gasteiger partial charge on any atom is 0.186 e. The van der Waals surface area contributed by atoms with Gasteiger partial charge in [0.05, 0.1) is 0 Å². The SMILES string of the molecule is CC/C=C1C=[P+]\1C. The predicted octanol–water partition coefficient (Wildman–Crippen LogP) is 2.21. The summed E-state index contributed by atoms with van der Waals surface area (Å²) < 4.78 is 0. The van der Waals surface area contributed by atoms with Gasteiger partial charge in [0.25, 0.3) is 0 Å². The summed E-state index contributed by atoms with van der Waals surface area (Å²) in [5, 5.41) is 1.61. The topological polar surface area (TPSA) is 0 Å². The molecule has 38 valence electrons. The quantitative estimate of drug-likeness (QED) is 0.457. The van der Waals surface area contributed by atoms with Gasteiger partial charge in [-0.3, -0.25) is 0 Å². The molecule has 1 rings (SSSR count). The summed E-state index contributed by atoms with van der Waals surface area (Å²) in [7, 11) is 0.296. The molecule has 7 heavy (non-hydrogen) atoms. The second-order valence-corrected chi connectivity index (χ2v) is 3.77. The van der Waals surface area contributed by atoms with Crippen LogP contribution in [0.15, 0.2) is 11.4 Å². The lowest BCUT2D eigenvalue weighted by Gasteiger charge is -1.64. The van der Waals surface area contributed by atoms with E-state index in [1.165, 1.54) is 6.42 Å². The molecule has 1 aliphatic heterocycles. The van der Waals surface area contributed by atoms with Gasteiger partial charge >= 0.3 is 0 Å². The molecule has 0 aromatic heterocycles. The van der Waals surface area contributed by atoms with Crippen molar-refractivity contribution in [2.45, 2.75) is 13.3 Å². The summed E-state index contributed by atoms with van der Waals surface area (Å²) >= 11 is 0. The van der Waals surface area contributed by atoms with E-state index in [0.29, 0.717) is 7.55 Å². The molecule has 0 aromatic rings. The molecule has 0 amide bonds. The highest BCUT2D eigenvalue weighted by Crippen LogP contribution is 2.42. The van der Waals surface area contributed by atoms with E-state index in [4.69, 9.17) is 0 Å². The van der Waals surface area contributed by atoms with E-state index in [0.717, 1.165) is 0 Å². The van der Waals surface area contributed by atoms with Crippen molar-refractivity contribution in [1.29, 1.82) is 0 Å². The summed E-state index contributed by atoms with van der Waals surface area (Å²) in [6.45, 7) is 4.47. The zero-order valence-corrected chi connectivity index (χ0v) is 5.70. The highest BCUT2D eigenvalue weighted by Gasteiger charge is 2.24. The molecule has 0 radical (unpaired) electrons. The Morgan fingerprint density at radius 1 is 1.86 bits per heavy atom. The van der Waals surface area contributed by atoms with Gasteiger partial charge in [-0.25, -0.2) is 0 Å². The van der Waals surface area contributed by atoms with Crippen LogP contribution in [0.1, 0.15) is 13.3 Å². The molecule has 1 heterocycles. The van der Waals surface area contributed by atoms with E-state index < -0.39 is 0 Å². The van der Waals surface area contributed by atoms with Crippen LogP contribution in [0, 0.1) is 0 Å². The molecule has 0 saturated heterocycles. The molecule has 0 nitrogen and oxygen atoms in total. The summed E-state index contributed by atoms with van der Waals surface area (Å²) in [6, 6.07) is 0. The summed E-state index contributed by atoms with van der Waals surface area (Å²) in [4.78, 5) is 0. The lowest BCUT2D eigenvalue weighted by Crippen LogP contribution is -1.51. The molecule has 1 aliphatic rings. The third kappa shape index (κ3) is 1.14. The molecule has 0 fully saturated rings. The van der Waals surface area contributed by atoms with E-state index in [2.05, 4.69) is 25.5 Å². The minimum Gasteiger partial charge on any atom is -0.0617 e. The third-order valence-corrected chi connectivity index (χ3v) is 2.59. The van der Waals surface area contributed by atoms with Crippen molar-refractivity contribution < 1.29 is 0 Å². The van der Waals surface area contributed by atoms with Gasteiger partial charge < -0.3 is 0 Å². The average Bonchev–Trinajstić information content (AvgIpc) is 2.22. The Morgan fingerprint density at radius 2 is 2.43 bits per heavy atom. The fraction of sp³-hybridized carbons (Fsp3) is 0.500. The fourth-order valence-corrected chi connectivity index (χ4v) is 1.84. The Kier molecular flexibility index (Phi) is 1.30. The van der Waals surface area contributed by atoms with Crippen molar-refractivity contribution in [1.82, 2.24) is 0 Å². The second-order valence-electron chi connectivity index (χ2n) is 1.78. The van der Waals surface area contributed by atoms with Gasteiger partial charge in [0, 0.05) is 0 Å². The van der Waals surface area contributed by atoms with Gasteiger partial charge in [0.15, 0.2) is 11.1 Å². The van der Waals surface area contributed by atoms with Crippen LogP contribution in [0.3, 0.4) is 0 Å². The number of hydrogen-bond donors (Lipinski definition) is 0. The van der Waals surface area contributed by atoms with Crippen molar-refractivity contribution in [2.24, 2.45) is 0 Å². The number of hydrogen-bond acceptors (Lipinski definition) is 0. The second kappa shape index (κ2) is 1.79. The number of rotatable bonds is 1. The lowest BCUT2D eigenvalue weighted by atomic mass is 10.4. The maximum atomic E-state index is 2.35. The smallest absolute Gasteiger partial charge is 0.0617 e. The normalized spacial score (nSPS) is 27.7. The molecule has 0 N–H and O–H groups in total. The van der Waals surface area contributed by atoms with Gasteiger partial charge in [-0.1, -0.05) is 6.92 Å². The molecule has 0 saturated carbocycles. The first-order chi connectivity index (χ1) is 3.34. The molecule has 0 bridgehead atoms. The van der Waals surface area contributed by atoms with Crippen LogP contribution in [0.4, 0.5) is 0 Å². The zero-order chi connectivity index (χ0) is 5.28. The van der Waals surface area contributed by atoms with Crippen LogP contribution in [-0.4, -0.2) is 12.5 Å². The van der Waals surface area contributed by atoms with E-state index in [1.807, 2.05) is 0 Å². The molecule has 0 aliphatic carbocycles. The zero-order valence-electron chi connectivity index (χ0n) is 4.81. The fourth-order valence-electron chi connectivity index (χ4n) is 0.575. The molecule has 1 unspecified atom stereocenters. The molecular weight excluding hydrogens is 103 g/mol. The standard InChI is InChI=1S/C6H10P/c1-3-4-6-5-7(6)2/h4-5H,3H2,1-2H3/q+1/b6-4+. The Labute approximate surface area is 45.6 Å². The van der Waals surface area contributed by atoms with Crippen molar-refractivity contribution in [2.75, 3.05) is 6.66 Å². The lowest BCUT2D eigenvalue weighted by molar-refractivity contribution is 1.23. The first-order valence-electron chi connectivity index (χ1n) is 2.62. The molecule has 0 aromatic carbocycles. The van der Waals surface area contributed by atoms with Gasteiger partial charge in [-0.2, -0.15) is 0 Å². The summed E-state index contributed by atoms with van der Waals surface area (Å²) in [5.41, 5.74) is 0. The van der Waals surface area contributed by atoms with Crippen LogP contribution in [0.25, 0.3) is 0 Å². The summed E-state index contributed by atoms with van der Waals surface area (Å²) in [6.07, 6.45) is 3.52. The van der Waals surface area contributed by atoms with E-state index in [1.54, 1.807) is 5.31 Å². The molecule has 1 atom stereocenters. The predicted molar refractivity (Wildman–Crippen MR) is 37.3 cm³/mol. The van der Waals surface area contributed by atoms with Crippen molar-refractivity contribution in [3.8, 4) is 0 Å². The van der Waals surface area contributed by atoms with E-state index in [-0.39, 0.29) is 0 Å². The van der Waals surface area contributed by atoms with Crippen molar-refractivity contribution in [3.63, 3.8) is 0 Å². The minimum atomic E-state index is 0.296. The van der Waals surface area contributed by atoms with E-state index in [9.17, 15) is 0 Å². The Morgan fingerprint density at radius 3 is 2.57 bits per heavy atom. The van der Waals surface area contributed by atoms with Gasteiger partial charge in [-0.05, 0) is 12.5 Å². The monoisotopic (exact) mass is 113 g/mol. The van der Waals surface area contributed by atoms with Crippen molar-refractivity contribution in [3.05, 3.63) is 11.4 Å². The van der Waals surface area contributed by atoms with Crippen LogP contribution >= 0.6 is 7.55 Å². The van der Waals surface area contributed by atoms with Crippen LogP contribution in [-0.2, 0) is 0 Å². The Hall–Kier alpha value is -0.0900. The van der Waals surface area contributed by atoms with Crippen LogP contribution in [0.5, 0.6) is 0 Å². The van der Waals surface area contributed by atoms with Crippen LogP contribution < -0.4 is 0 Å². The minimum absolute atomic E-state index is 0.296. The first-order valence-corrected chi connectivity index (χ1v) is 4.48. The molecule has 0 spiro atoms. The molecule has 1 heteroatoms. The average molecular weight is 113 g/mol. The molecular formula is C6H10P+. The Bertz CT molecular complexity index is 131. The van der Waals surface area contributed by atoms with Gasteiger partial charge in [-0.15, -0.1) is 0 Å². The van der Waals surface area contributed by atoms with Gasteiger partial charge in [0.2, 0.25) is 0 Å². The van der Waals surface area contributed by atoms with Crippen LogP contribution in [0.2, 0.25) is 0 Å². The Balaban J connectivity index is 2.36. The summed E-state index contributed by atoms with van der Waals surface area (Å²) in [5.74, 6) is 2.35. The highest BCUT2D eigenvalue weighted by molar-refractivity contribution is 7.73. The number of allylic oxidation sites excluding steroid dienone is 2. The largest absolute Gasteiger partial charge is 0.186 e. The maximum absolute atomic E-state index is 2.35.